The highest BCUT2D eigenvalue weighted by Crippen LogP contribution is 2.27. The van der Waals surface area contributed by atoms with Crippen LogP contribution < -0.4 is 10.6 Å². The van der Waals surface area contributed by atoms with E-state index in [1.165, 1.54) is 4.88 Å². The number of aromatic nitrogens is 4. The van der Waals surface area contributed by atoms with Crippen molar-refractivity contribution in [1.29, 1.82) is 0 Å². The van der Waals surface area contributed by atoms with E-state index in [4.69, 9.17) is 4.98 Å². The number of carbonyl (C=O) groups excluding carboxylic acids is 1. The molecule has 0 radical (unpaired) electrons. The van der Waals surface area contributed by atoms with Crippen molar-refractivity contribution in [3.63, 3.8) is 0 Å². The van der Waals surface area contributed by atoms with E-state index in [0.29, 0.717) is 24.7 Å². The lowest BCUT2D eigenvalue weighted by atomic mass is 10.1. The molecule has 4 rings (SSSR count). The molecular formula is C20H26Cl2N6OS. The maximum Gasteiger partial charge on any atom is 0.273 e. The van der Waals surface area contributed by atoms with Gasteiger partial charge in [-0.05, 0) is 32.9 Å². The Morgan fingerprint density at radius 3 is 2.70 bits per heavy atom. The molecule has 7 nitrogen and oxygen atoms in total. The second-order valence-corrected chi connectivity index (χ2v) is 8.24. The van der Waals surface area contributed by atoms with Gasteiger partial charge in [-0.25, -0.2) is 9.67 Å². The largest absolute Gasteiger partial charge is 0.350 e. The van der Waals surface area contributed by atoms with Crippen molar-refractivity contribution >= 4 is 42.1 Å². The van der Waals surface area contributed by atoms with E-state index in [-0.39, 0.29) is 30.7 Å². The van der Waals surface area contributed by atoms with Crippen LogP contribution in [0.25, 0.3) is 11.3 Å². The number of piperidine rings is 1. The van der Waals surface area contributed by atoms with Crippen LogP contribution in [-0.4, -0.2) is 45.5 Å². The van der Waals surface area contributed by atoms with Crippen molar-refractivity contribution in [3.8, 4) is 11.3 Å². The van der Waals surface area contributed by atoms with Gasteiger partial charge >= 0.3 is 0 Å². The molecule has 0 bridgehead atoms. The van der Waals surface area contributed by atoms with Gasteiger partial charge in [-0.1, -0.05) is 35.5 Å². The number of benzene rings is 1. The van der Waals surface area contributed by atoms with E-state index >= 15 is 0 Å². The van der Waals surface area contributed by atoms with Crippen LogP contribution in [0.3, 0.4) is 0 Å². The fourth-order valence-electron chi connectivity index (χ4n) is 3.43. The Kier molecular flexibility index (Phi) is 9.23. The van der Waals surface area contributed by atoms with Crippen LogP contribution in [0, 0.1) is 6.92 Å². The van der Waals surface area contributed by atoms with Crippen molar-refractivity contribution in [3.05, 3.63) is 52.1 Å². The normalized spacial score (nSPS) is 13.9. The topological polar surface area (TPSA) is 84.7 Å². The van der Waals surface area contributed by atoms with Gasteiger partial charge in [0.25, 0.3) is 5.91 Å². The number of amides is 1. The standard InChI is InChI=1S/C20H24N6OS.2ClH/c1-14-19(15-5-3-2-4-6-15)23-18(28-14)9-12-22-20(27)17-13-26(25-24-17)16-7-10-21-11-8-16;;/h2-6,13,16,21H,7-12H2,1H3,(H,22,27);2*1H. The van der Waals surface area contributed by atoms with Crippen molar-refractivity contribution in [2.24, 2.45) is 0 Å². The smallest absolute Gasteiger partial charge is 0.273 e. The van der Waals surface area contributed by atoms with Gasteiger partial charge in [-0.2, -0.15) is 0 Å². The molecule has 3 heterocycles. The van der Waals surface area contributed by atoms with Crippen molar-refractivity contribution in [2.75, 3.05) is 19.6 Å². The van der Waals surface area contributed by atoms with Gasteiger partial charge in [-0.3, -0.25) is 4.79 Å². The highest BCUT2D eigenvalue weighted by Gasteiger charge is 2.18. The number of nitrogens with zero attached hydrogens (tertiary/aromatic N) is 4. The van der Waals surface area contributed by atoms with E-state index in [9.17, 15) is 4.79 Å². The lowest BCUT2D eigenvalue weighted by molar-refractivity contribution is 0.0949. The van der Waals surface area contributed by atoms with E-state index < -0.39 is 0 Å². The number of hydrogen-bond donors (Lipinski definition) is 2. The minimum Gasteiger partial charge on any atom is -0.350 e. The fraction of sp³-hybridized carbons (Fsp3) is 0.400. The molecule has 1 aliphatic heterocycles. The van der Waals surface area contributed by atoms with E-state index in [0.717, 1.165) is 42.2 Å². The Morgan fingerprint density at radius 2 is 1.97 bits per heavy atom. The molecule has 1 aliphatic rings. The Hall–Kier alpha value is -2.00. The first-order valence-corrected chi connectivity index (χ1v) is 10.4. The molecule has 2 N–H and O–H groups in total. The Labute approximate surface area is 192 Å². The summed E-state index contributed by atoms with van der Waals surface area (Å²) in [5.74, 6) is -0.184. The molecule has 0 unspecified atom stereocenters. The van der Waals surface area contributed by atoms with Gasteiger partial charge in [-0.15, -0.1) is 41.2 Å². The number of thiazole rings is 1. The quantitative estimate of drug-likeness (QED) is 0.578. The molecule has 3 aromatic rings. The monoisotopic (exact) mass is 468 g/mol. The number of halogens is 2. The zero-order chi connectivity index (χ0) is 19.3. The van der Waals surface area contributed by atoms with Crippen molar-refractivity contribution < 1.29 is 4.79 Å². The minimum atomic E-state index is -0.184. The SMILES string of the molecule is Cc1sc(CCNC(=O)c2cn(C3CCNCC3)nn2)nc1-c1ccccc1.Cl.Cl. The van der Waals surface area contributed by atoms with Gasteiger partial charge in [0.2, 0.25) is 0 Å². The maximum absolute atomic E-state index is 12.4. The third kappa shape index (κ3) is 5.78. The molecule has 30 heavy (non-hydrogen) atoms. The number of carbonyl (C=O) groups is 1. The van der Waals surface area contributed by atoms with Gasteiger partial charge < -0.3 is 10.6 Å². The van der Waals surface area contributed by atoms with Crippen LogP contribution in [0.2, 0.25) is 0 Å². The molecule has 0 aliphatic carbocycles. The highest BCUT2D eigenvalue weighted by atomic mass is 35.5. The van der Waals surface area contributed by atoms with Crippen LogP contribution in [0.1, 0.15) is 39.3 Å². The zero-order valence-electron chi connectivity index (χ0n) is 16.7. The van der Waals surface area contributed by atoms with Crippen molar-refractivity contribution in [2.45, 2.75) is 32.2 Å². The van der Waals surface area contributed by atoms with Gasteiger partial charge in [0.05, 0.1) is 22.9 Å². The predicted octanol–water partition coefficient (Wildman–Crippen LogP) is 3.45. The van der Waals surface area contributed by atoms with Crippen LogP contribution in [0.4, 0.5) is 0 Å². The first-order chi connectivity index (χ1) is 13.7. The average Bonchev–Trinajstić information content (AvgIpc) is 3.36. The summed E-state index contributed by atoms with van der Waals surface area (Å²) in [6.45, 7) is 4.57. The van der Waals surface area contributed by atoms with Crippen LogP contribution in [0.15, 0.2) is 36.5 Å². The lowest BCUT2D eigenvalue weighted by Crippen LogP contribution is -2.29. The molecule has 0 spiro atoms. The molecule has 0 atom stereocenters. The number of hydrogen-bond acceptors (Lipinski definition) is 6. The fourth-order valence-corrected chi connectivity index (χ4v) is 4.38. The predicted molar refractivity (Wildman–Crippen MR) is 124 cm³/mol. The number of rotatable bonds is 6. The first-order valence-electron chi connectivity index (χ1n) is 9.63. The Balaban J connectivity index is 0.00000160. The summed E-state index contributed by atoms with van der Waals surface area (Å²) < 4.78 is 1.83. The molecule has 1 fully saturated rings. The van der Waals surface area contributed by atoms with Crippen LogP contribution in [-0.2, 0) is 6.42 Å². The molecule has 0 saturated carbocycles. The lowest BCUT2D eigenvalue weighted by Gasteiger charge is -2.22. The van der Waals surface area contributed by atoms with Gasteiger partial charge in [0.1, 0.15) is 0 Å². The third-order valence-electron chi connectivity index (χ3n) is 4.94. The molecule has 2 aromatic heterocycles. The Bertz CT molecular complexity index is 940. The van der Waals surface area contributed by atoms with E-state index in [1.54, 1.807) is 17.5 Å². The second kappa shape index (κ2) is 11.4. The summed E-state index contributed by atoms with van der Waals surface area (Å²) in [6, 6.07) is 10.5. The summed E-state index contributed by atoms with van der Waals surface area (Å²) in [4.78, 5) is 18.3. The third-order valence-corrected chi connectivity index (χ3v) is 5.97. The molecular weight excluding hydrogens is 443 g/mol. The van der Waals surface area contributed by atoms with E-state index in [2.05, 4.69) is 40.0 Å². The second-order valence-electron chi connectivity index (χ2n) is 6.95. The Morgan fingerprint density at radius 1 is 1.23 bits per heavy atom. The summed E-state index contributed by atoms with van der Waals surface area (Å²) >= 11 is 1.68. The molecule has 1 saturated heterocycles. The summed E-state index contributed by atoms with van der Waals surface area (Å²) in [6.07, 6.45) is 4.48. The maximum atomic E-state index is 12.4. The first kappa shape index (κ1) is 24.3. The summed E-state index contributed by atoms with van der Waals surface area (Å²) in [5.41, 5.74) is 2.52. The minimum absolute atomic E-state index is 0. The van der Waals surface area contributed by atoms with Gasteiger partial charge in [0, 0.05) is 23.4 Å². The highest BCUT2D eigenvalue weighted by molar-refractivity contribution is 7.12. The van der Waals surface area contributed by atoms with Crippen LogP contribution >= 0.6 is 36.2 Å². The van der Waals surface area contributed by atoms with Crippen molar-refractivity contribution in [1.82, 2.24) is 30.6 Å². The molecule has 10 heteroatoms. The molecule has 162 valence electrons. The summed E-state index contributed by atoms with van der Waals surface area (Å²) in [7, 11) is 0. The molecule has 1 aromatic carbocycles. The van der Waals surface area contributed by atoms with E-state index in [1.807, 2.05) is 22.9 Å². The zero-order valence-corrected chi connectivity index (χ0v) is 19.2. The molecule has 1 amide bonds. The average molecular weight is 469 g/mol. The number of aryl methyl sites for hydroxylation is 1. The number of nitrogens with one attached hydrogen (secondary N) is 2. The summed E-state index contributed by atoms with van der Waals surface area (Å²) in [5, 5.41) is 15.5. The van der Waals surface area contributed by atoms with Gasteiger partial charge in [0.15, 0.2) is 5.69 Å². The van der Waals surface area contributed by atoms with Crippen LogP contribution in [0.5, 0.6) is 0 Å².